The molecule has 2 N–H and O–H groups in total. The largest absolute Gasteiger partial charge is 0.756 e. The fourth-order valence-electron chi connectivity index (χ4n) is 6.64. The molecule has 3 atom stereocenters. The number of phosphoric ester groups is 1. The predicted molar refractivity (Wildman–Crippen MR) is 265 cm³/mol. The summed E-state index contributed by atoms with van der Waals surface area (Å²) in [5.74, 6) is -0.218. The molecule has 358 valence electrons. The van der Waals surface area contributed by atoms with Crippen molar-refractivity contribution in [3.05, 3.63) is 85.1 Å². The zero-order valence-electron chi connectivity index (χ0n) is 40.5. The van der Waals surface area contributed by atoms with Gasteiger partial charge in [0.25, 0.3) is 7.82 Å². The maximum absolute atomic E-state index is 12.9. The van der Waals surface area contributed by atoms with Gasteiger partial charge in [-0.05, 0) is 83.5 Å². The number of aliphatic hydroxyl groups excluding tert-OH is 1. The highest BCUT2D eigenvalue weighted by Gasteiger charge is 2.23. The third-order valence-corrected chi connectivity index (χ3v) is 11.5. The van der Waals surface area contributed by atoms with E-state index in [9.17, 15) is 19.4 Å². The number of aliphatic hydroxyl groups is 1. The lowest BCUT2D eigenvalue weighted by atomic mass is 10.0. The first kappa shape index (κ1) is 59.7. The van der Waals surface area contributed by atoms with E-state index in [4.69, 9.17) is 9.05 Å². The number of phosphoric acid groups is 1. The minimum absolute atomic E-state index is 0.0130. The van der Waals surface area contributed by atoms with Crippen molar-refractivity contribution in [3.8, 4) is 0 Å². The summed E-state index contributed by atoms with van der Waals surface area (Å²) < 4.78 is 23.2. The molecule has 0 aliphatic heterocycles. The number of allylic oxidation sites excluding steroid dienone is 13. The number of hydrogen-bond donors (Lipinski definition) is 2. The summed E-state index contributed by atoms with van der Waals surface area (Å²) in [4.78, 5) is 25.4. The summed E-state index contributed by atoms with van der Waals surface area (Å²) in [6.45, 7) is 4.48. The fraction of sp³-hybridized carbons (Fsp3) is 0.717. The predicted octanol–water partition coefficient (Wildman–Crippen LogP) is 13.9. The van der Waals surface area contributed by atoms with Crippen LogP contribution in [0.4, 0.5) is 0 Å². The van der Waals surface area contributed by atoms with E-state index in [1.807, 2.05) is 27.2 Å². The highest BCUT2D eigenvalue weighted by atomic mass is 31.2. The fourth-order valence-corrected chi connectivity index (χ4v) is 7.37. The van der Waals surface area contributed by atoms with Gasteiger partial charge in [-0.15, -0.1) is 0 Å². The molecule has 0 aromatic heterocycles. The van der Waals surface area contributed by atoms with Crippen molar-refractivity contribution in [2.24, 2.45) is 0 Å². The average molecular weight is 887 g/mol. The molecule has 0 aliphatic rings. The van der Waals surface area contributed by atoms with E-state index in [0.29, 0.717) is 17.4 Å². The third kappa shape index (κ3) is 45.7. The highest BCUT2D eigenvalue weighted by Crippen LogP contribution is 2.38. The summed E-state index contributed by atoms with van der Waals surface area (Å²) in [5, 5.41) is 13.8. The zero-order chi connectivity index (χ0) is 45.7. The van der Waals surface area contributed by atoms with Crippen molar-refractivity contribution in [2.45, 2.75) is 206 Å². The SMILES string of the molecule is CC/C=C\C/C=C\C/C=C\C/C=C\CCCCCCCCCCCCCCC(=O)NC(COP(=O)([O-])OCC[N+](C)(C)C)C(O)/C=C/CC/C=C/CC/C=C/CCCCCCC. The van der Waals surface area contributed by atoms with E-state index in [1.54, 1.807) is 6.08 Å². The summed E-state index contributed by atoms with van der Waals surface area (Å²) >= 11 is 0. The van der Waals surface area contributed by atoms with Crippen LogP contribution in [-0.2, 0) is 18.4 Å². The second kappa shape index (κ2) is 43.9. The third-order valence-electron chi connectivity index (χ3n) is 10.6. The van der Waals surface area contributed by atoms with Crippen molar-refractivity contribution in [1.82, 2.24) is 5.32 Å². The van der Waals surface area contributed by atoms with Gasteiger partial charge in [0.15, 0.2) is 0 Å². The van der Waals surface area contributed by atoms with Gasteiger partial charge in [0.1, 0.15) is 13.2 Å². The van der Waals surface area contributed by atoms with Gasteiger partial charge in [0, 0.05) is 6.42 Å². The molecule has 0 bridgehead atoms. The van der Waals surface area contributed by atoms with Crippen LogP contribution >= 0.6 is 7.82 Å². The molecule has 0 heterocycles. The van der Waals surface area contributed by atoms with E-state index in [1.165, 1.54) is 103 Å². The first-order chi connectivity index (χ1) is 30.0. The summed E-state index contributed by atoms with van der Waals surface area (Å²) in [5.41, 5.74) is 0. The number of quaternary nitrogens is 1. The molecular formula is C53H95N2O6P. The molecule has 8 nitrogen and oxygen atoms in total. The van der Waals surface area contributed by atoms with Crippen LogP contribution in [0.3, 0.4) is 0 Å². The average Bonchev–Trinajstić information content (AvgIpc) is 3.23. The summed E-state index contributed by atoms with van der Waals surface area (Å²) in [6.07, 6.45) is 60.7. The Hall–Kier alpha value is -2.32. The van der Waals surface area contributed by atoms with Gasteiger partial charge < -0.3 is 28.8 Å². The molecule has 0 spiro atoms. The van der Waals surface area contributed by atoms with Gasteiger partial charge in [-0.25, -0.2) is 0 Å². The monoisotopic (exact) mass is 887 g/mol. The lowest BCUT2D eigenvalue weighted by Gasteiger charge is -2.29. The quantitative estimate of drug-likeness (QED) is 0.0273. The van der Waals surface area contributed by atoms with Crippen molar-refractivity contribution in [2.75, 3.05) is 40.9 Å². The van der Waals surface area contributed by atoms with Gasteiger partial charge >= 0.3 is 0 Å². The Labute approximate surface area is 382 Å². The molecule has 3 unspecified atom stereocenters. The van der Waals surface area contributed by atoms with E-state index in [-0.39, 0.29) is 12.5 Å². The lowest BCUT2D eigenvalue weighted by molar-refractivity contribution is -0.870. The van der Waals surface area contributed by atoms with Crippen LogP contribution in [-0.4, -0.2) is 68.5 Å². The van der Waals surface area contributed by atoms with Crippen LogP contribution in [0.2, 0.25) is 0 Å². The van der Waals surface area contributed by atoms with Crippen LogP contribution in [0.25, 0.3) is 0 Å². The number of carbonyl (C=O) groups excluding carboxylic acids is 1. The Bertz CT molecular complexity index is 1280. The van der Waals surface area contributed by atoms with Crippen LogP contribution in [0.1, 0.15) is 194 Å². The van der Waals surface area contributed by atoms with Crippen LogP contribution in [0, 0.1) is 0 Å². The number of amides is 1. The highest BCUT2D eigenvalue weighted by molar-refractivity contribution is 7.45. The van der Waals surface area contributed by atoms with E-state index in [2.05, 4.69) is 92.1 Å². The topological polar surface area (TPSA) is 108 Å². The van der Waals surface area contributed by atoms with Crippen molar-refractivity contribution >= 4 is 13.7 Å². The van der Waals surface area contributed by atoms with Crippen LogP contribution in [0.15, 0.2) is 85.1 Å². The molecular weight excluding hydrogens is 792 g/mol. The minimum atomic E-state index is -4.61. The first-order valence-corrected chi connectivity index (χ1v) is 26.4. The van der Waals surface area contributed by atoms with Gasteiger partial charge in [-0.3, -0.25) is 9.36 Å². The molecule has 0 aromatic rings. The Balaban J connectivity index is 4.32. The molecule has 0 rings (SSSR count). The Morgan fingerprint density at radius 3 is 1.50 bits per heavy atom. The van der Waals surface area contributed by atoms with Crippen molar-refractivity contribution in [3.63, 3.8) is 0 Å². The van der Waals surface area contributed by atoms with Crippen molar-refractivity contribution < 1.29 is 32.9 Å². The Kier molecular flexibility index (Phi) is 42.3. The molecule has 1 amide bonds. The molecule has 0 saturated heterocycles. The smallest absolute Gasteiger partial charge is 0.268 e. The zero-order valence-corrected chi connectivity index (χ0v) is 41.4. The maximum Gasteiger partial charge on any atom is 0.268 e. The van der Waals surface area contributed by atoms with Gasteiger partial charge in [0.2, 0.25) is 5.91 Å². The van der Waals surface area contributed by atoms with Crippen LogP contribution in [0.5, 0.6) is 0 Å². The normalized spacial score (nSPS) is 14.9. The number of nitrogens with zero attached hydrogens (tertiary/aromatic N) is 1. The Morgan fingerprint density at radius 2 is 1.00 bits per heavy atom. The van der Waals surface area contributed by atoms with Crippen molar-refractivity contribution in [1.29, 1.82) is 0 Å². The van der Waals surface area contributed by atoms with Crippen LogP contribution < -0.4 is 10.2 Å². The second-order valence-corrected chi connectivity index (χ2v) is 19.2. The van der Waals surface area contributed by atoms with Gasteiger partial charge in [0.05, 0.1) is 39.9 Å². The van der Waals surface area contributed by atoms with Gasteiger partial charge in [-0.2, -0.15) is 0 Å². The number of likely N-dealkylation sites (N-methyl/N-ethyl adjacent to an activating group) is 1. The van der Waals surface area contributed by atoms with E-state index < -0.39 is 26.6 Å². The molecule has 62 heavy (non-hydrogen) atoms. The summed E-state index contributed by atoms with van der Waals surface area (Å²) in [7, 11) is 1.22. The molecule has 9 heteroatoms. The number of hydrogen-bond acceptors (Lipinski definition) is 6. The Morgan fingerprint density at radius 1 is 0.581 bits per heavy atom. The summed E-state index contributed by atoms with van der Waals surface area (Å²) in [6, 6.07) is -0.914. The lowest BCUT2D eigenvalue weighted by Crippen LogP contribution is -2.45. The molecule has 0 fully saturated rings. The standard InChI is InChI=1S/C53H95N2O6P/c1-6-8-10-12-14-16-18-20-22-23-24-25-26-27-28-29-30-31-33-35-37-39-41-43-45-47-53(57)54-51(50-61-62(58,59)60-49-48-55(3,4)5)52(56)46-44-42-40-38-36-34-32-21-19-17-15-13-11-9-7-2/h8,10,14,16,19-22,24-25,36,38,44,46,51-52,56H,6-7,9,11-13,15,17-18,23,26-35,37,39-43,45,47-50H2,1-5H3,(H-,54,57,58,59)/b10-8-,16-14-,21-19+,22-20-,25-24-,38-36+,46-44+. The number of unbranched alkanes of at least 4 members (excludes halogenated alkanes) is 19. The van der Waals surface area contributed by atoms with E-state index >= 15 is 0 Å². The molecule has 0 aromatic carbocycles. The van der Waals surface area contributed by atoms with E-state index in [0.717, 1.165) is 70.6 Å². The van der Waals surface area contributed by atoms with Gasteiger partial charge in [-0.1, -0.05) is 189 Å². The first-order valence-electron chi connectivity index (χ1n) is 24.9. The molecule has 0 radical (unpaired) electrons. The number of rotatable bonds is 44. The molecule has 0 saturated carbocycles. The maximum atomic E-state index is 12.9. The minimum Gasteiger partial charge on any atom is -0.756 e. The molecule has 0 aliphatic carbocycles. The number of nitrogens with one attached hydrogen (secondary N) is 1. The number of carbonyl (C=O) groups is 1. The second-order valence-electron chi connectivity index (χ2n) is 17.8.